The molecule has 0 spiro atoms. The summed E-state index contributed by atoms with van der Waals surface area (Å²) in [6.45, 7) is 6.66. The number of carbonyl (C=O) groups excluding carboxylic acids is 1. The predicted molar refractivity (Wildman–Crippen MR) is 89.5 cm³/mol. The summed E-state index contributed by atoms with van der Waals surface area (Å²) in [6.07, 6.45) is 1.13. The second kappa shape index (κ2) is 7.80. The molecule has 1 atom stereocenters. The first-order chi connectivity index (χ1) is 9.79. The van der Waals surface area contributed by atoms with Crippen molar-refractivity contribution in [3.63, 3.8) is 0 Å². The minimum atomic E-state index is -0.371. The van der Waals surface area contributed by atoms with Crippen molar-refractivity contribution in [3.05, 3.63) is 28.2 Å². The first kappa shape index (κ1) is 18.0. The predicted octanol–water partition coefficient (Wildman–Crippen LogP) is 2.88. The molecule has 3 N–H and O–H groups in total. The van der Waals surface area contributed by atoms with Crippen LogP contribution in [0.5, 0.6) is 5.75 Å². The fraction of sp³-hybridized carbons (Fsp3) is 0.562. The number of nitrogens with one attached hydrogen (secondary N) is 1. The van der Waals surface area contributed by atoms with E-state index in [9.17, 15) is 4.79 Å². The summed E-state index contributed by atoms with van der Waals surface area (Å²) in [5, 5.41) is 3.06. The van der Waals surface area contributed by atoms with Crippen LogP contribution >= 0.6 is 15.9 Å². The molecule has 1 aromatic rings. The lowest BCUT2D eigenvalue weighted by molar-refractivity contribution is -0.122. The van der Waals surface area contributed by atoms with Crippen LogP contribution in [0.2, 0.25) is 0 Å². The maximum absolute atomic E-state index is 12.3. The Balaban J connectivity index is 2.79. The zero-order valence-electron chi connectivity index (χ0n) is 13.2. The van der Waals surface area contributed by atoms with Crippen LogP contribution in [0.25, 0.3) is 0 Å². The normalized spacial score (nSPS) is 13.9. The third-order valence-electron chi connectivity index (χ3n) is 3.34. The van der Waals surface area contributed by atoms with Crippen LogP contribution in [0, 0.1) is 5.92 Å². The topological polar surface area (TPSA) is 64.3 Å². The molecule has 21 heavy (non-hydrogen) atoms. The van der Waals surface area contributed by atoms with Gasteiger partial charge in [0.05, 0.1) is 13.5 Å². The Morgan fingerprint density at radius 2 is 2.14 bits per heavy atom. The highest BCUT2D eigenvalue weighted by Gasteiger charge is 2.26. The molecule has 0 heterocycles. The first-order valence-corrected chi connectivity index (χ1v) is 7.92. The molecule has 1 aromatic carbocycles. The lowest BCUT2D eigenvalue weighted by atomic mass is 9.90. The number of amides is 1. The average Bonchev–Trinajstić information content (AvgIpc) is 2.37. The number of rotatable bonds is 7. The van der Waals surface area contributed by atoms with E-state index in [1.165, 1.54) is 0 Å². The summed E-state index contributed by atoms with van der Waals surface area (Å²) in [4.78, 5) is 12.3. The highest BCUT2D eigenvalue weighted by molar-refractivity contribution is 9.10. The van der Waals surface area contributed by atoms with Crippen LogP contribution in [0.1, 0.15) is 32.8 Å². The molecule has 0 bridgehead atoms. The summed E-state index contributed by atoms with van der Waals surface area (Å²) < 4.78 is 6.22. The Labute approximate surface area is 135 Å². The molecule has 0 radical (unpaired) electrons. The summed E-state index contributed by atoms with van der Waals surface area (Å²) in [5.74, 6) is 1.14. The van der Waals surface area contributed by atoms with Gasteiger partial charge in [-0.05, 0) is 37.5 Å². The Kier molecular flexibility index (Phi) is 6.68. The number of benzene rings is 1. The van der Waals surface area contributed by atoms with Gasteiger partial charge in [0.2, 0.25) is 5.91 Å². The molecule has 1 rings (SSSR count). The van der Waals surface area contributed by atoms with E-state index in [0.29, 0.717) is 18.2 Å². The molecule has 5 heteroatoms. The van der Waals surface area contributed by atoms with E-state index in [-0.39, 0.29) is 17.9 Å². The molecule has 0 saturated carbocycles. The van der Waals surface area contributed by atoms with Crippen LogP contribution in [0.3, 0.4) is 0 Å². The van der Waals surface area contributed by atoms with Gasteiger partial charge < -0.3 is 15.8 Å². The van der Waals surface area contributed by atoms with Gasteiger partial charge in [-0.15, -0.1) is 0 Å². The van der Waals surface area contributed by atoms with Gasteiger partial charge in [0.1, 0.15) is 5.75 Å². The lowest BCUT2D eigenvalue weighted by Crippen LogP contribution is -2.52. The van der Waals surface area contributed by atoms with Crippen molar-refractivity contribution in [2.75, 3.05) is 13.7 Å². The van der Waals surface area contributed by atoms with Crippen LogP contribution in [0.4, 0.5) is 0 Å². The van der Waals surface area contributed by atoms with Crippen molar-refractivity contribution in [3.8, 4) is 5.75 Å². The minimum absolute atomic E-state index is 0.0417. The standard InChI is InChI=1S/C16H25BrN2O2/c1-11(2)9-16(3,10-18)19-15(20)8-12-7-13(17)5-6-14(12)21-4/h5-7,11H,8-10,18H2,1-4H3,(H,19,20). The molecule has 0 aliphatic heterocycles. The number of hydrogen-bond donors (Lipinski definition) is 2. The Morgan fingerprint density at radius 3 is 2.67 bits per heavy atom. The molecule has 118 valence electrons. The third kappa shape index (κ3) is 5.67. The van der Waals surface area contributed by atoms with Crippen LogP contribution in [-0.2, 0) is 11.2 Å². The van der Waals surface area contributed by atoms with E-state index in [2.05, 4.69) is 35.1 Å². The zero-order valence-corrected chi connectivity index (χ0v) is 14.8. The van der Waals surface area contributed by atoms with E-state index >= 15 is 0 Å². The van der Waals surface area contributed by atoms with Crippen LogP contribution in [0.15, 0.2) is 22.7 Å². The first-order valence-electron chi connectivity index (χ1n) is 7.13. The third-order valence-corrected chi connectivity index (χ3v) is 3.84. The zero-order chi connectivity index (χ0) is 16.0. The number of ether oxygens (including phenoxy) is 1. The van der Waals surface area contributed by atoms with Gasteiger partial charge in [-0.3, -0.25) is 4.79 Å². The minimum Gasteiger partial charge on any atom is -0.496 e. The Morgan fingerprint density at radius 1 is 1.48 bits per heavy atom. The fourth-order valence-electron chi connectivity index (χ4n) is 2.53. The molecule has 0 aliphatic rings. The summed E-state index contributed by atoms with van der Waals surface area (Å²) in [7, 11) is 1.60. The van der Waals surface area contributed by atoms with Crippen molar-refractivity contribution in [2.45, 2.75) is 39.2 Å². The molecular weight excluding hydrogens is 332 g/mol. The lowest BCUT2D eigenvalue weighted by Gasteiger charge is -2.31. The van der Waals surface area contributed by atoms with E-state index in [0.717, 1.165) is 16.5 Å². The van der Waals surface area contributed by atoms with Gasteiger partial charge in [-0.1, -0.05) is 29.8 Å². The number of carbonyl (C=O) groups is 1. The van der Waals surface area contributed by atoms with Gasteiger partial charge in [0.15, 0.2) is 0 Å². The molecule has 1 unspecified atom stereocenters. The Bertz CT molecular complexity index is 491. The van der Waals surface area contributed by atoms with Crippen LogP contribution < -0.4 is 15.8 Å². The quantitative estimate of drug-likeness (QED) is 0.789. The number of halogens is 1. The maximum Gasteiger partial charge on any atom is 0.225 e. The van der Waals surface area contributed by atoms with Crippen LogP contribution in [-0.4, -0.2) is 25.1 Å². The number of nitrogens with two attached hydrogens (primary N) is 1. The van der Waals surface area contributed by atoms with Gasteiger partial charge in [-0.25, -0.2) is 0 Å². The van der Waals surface area contributed by atoms with Crippen molar-refractivity contribution < 1.29 is 9.53 Å². The fourth-order valence-corrected chi connectivity index (χ4v) is 2.93. The van der Waals surface area contributed by atoms with Crippen molar-refractivity contribution in [1.82, 2.24) is 5.32 Å². The van der Waals surface area contributed by atoms with Gasteiger partial charge in [-0.2, -0.15) is 0 Å². The van der Waals surface area contributed by atoms with E-state index in [1.54, 1.807) is 7.11 Å². The smallest absolute Gasteiger partial charge is 0.225 e. The van der Waals surface area contributed by atoms with Gasteiger partial charge >= 0.3 is 0 Å². The molecular formula is C16H25BrN2O2. The molecule has 1 amide bonds. The van der Waals surface area contributed by atoms with E-state index < -0.39 is 0 Å². The largest absolute Gasteiger partial charge is 0.496 e. The van der Waals surface area contributed by atoms with Crippen molar-refractivity contribution >= 4 is 21.8 Å². The van der Waals surface area contributed by atoms with E-state index in [4.69, 9.17) is 10.5 Å². The molecule has 0 fully saturated rings. The van der Waals surface area contributed by atoms with Gasteiger partial charge in [0, 0.05) is 22.1 Å². The van der Waals surface area contributed by atoms with Crippen molar-refractivity contribution in [2.24, 2.45) is 11.7 Å². The molecule has 0 aliphatic carbocycles. The van der Waals surface area contributed by atoms with Crippen molar-refractivity contribution in [1.29, 1.82) is 0 Å². The second-order valence-corrected chi connectivity index (χ2v) is 6.96. The summed E-state index contributed by atoms with van der Waals surface area (Å²) in [6, 6.07) is 5.65. The molecule has 4 nitrogen and oxygen atoms in total. The number of hydrogen-bond acceptors (Lipinski definition) is 3. The highest BCUT2D eigenvalue weighted by atomic mass is 79.9. The average molecular weight is 357 g/mol. The SMILES string of the molecule is COc1ccc(Br)cc1CC(=O)NC(C)(CN)CC(C)C. The summed E-state index contributed by atoms with van der Waals surface area (Å²) >= 11 is 3.42. The summed E-state index contributed by atoms with van der Waals surface area (Å²) in [5.41, 5.74) is 6.31. The van der Waals surface area contributed by atoms with E-state index in [1.807, 2.05) is 25.1 Å². The maximum atomic E-state index is 12.3. The number of methoxy groups -OCH3 is 1. The highest BCUT2D eigenvalue weighted by Crippen LogP contribution is 2.24. The molecule has 0 aromatic heterocycles. The Hall–Kier alpha value is -1.07. The molecule has 0 saturated heterocycles. The monoisotopic (exact) mass is 356 g/mol. The van der Waals surface area contributed by atoms with Gasteiger partial charge in [0.25, 0.3) is 0 Å². The second-order valence-electron chi connectivity index (χ2n) is 6.04.